The zero-order valence-corrected chi connectivity index (χ0v) is 9.87. The first kappa shape index (κ1) is 10.5. The zero-order valence-electron chi connectivity index (χ0n) is 9.87. The molecule has 0 spiro atoms. The summed E-state index contributed by atoms with van der Waals surface area (Å²) in [6, 6.07) is 6.08. The van der Waals surface area contributed by atoms with E-state index in [0.717, 1.165) is 5.69 Å². The van der Waals surface area contributed by atoms with Crippen molar-refractivity contribution in [3.05, 3.63) is 29.3 Å². The molecular weight excluding hydrogens is 186 g/mol. The third-order valence-corrected chi connectivity index (χ3v) is 3.10. The Hall–Kier alpha value is -1.02. The molecule has 2 rings (SSSR count). The van der Waals surface area contributed by atoms with E-state index < -0.39 is 0 Å². The molecule has 2 nitrogen and oxygen atoms in total. The minimum absolute atomic E-state index is 0.135. The largest absolute Gasteiger partial charge is 0.398 e. The van der Waals surface area contributed by atoms with E-state index in [1.165, 1.54) is 11.1 Å². The second-order valence-corrected chi connectivity index (χ2v) is 5.10. The first-order chi connectivity index (χ1) is 6.93. The fourth-order valence-corrected chi connectivity index (χ4v) is 2.33. The summed E-state index contributed by atoms with van der Waals surface area (Å²) in [5.74, 6) is 0.454. The van der Waals surface area contributed by atoms with Crippen molar-refractivity contribution in [3.63, 3.8) is 0 Å². The van der Waals surface area contributed by atoms with E-state index >= 15 is 0 Å². The molecule has 0 saturated carbocycles. The quantitative estimate of drug-likeness (QED) is 0.714. The summed E-state index contributed by atoms with van der Waals surface area (Å²) < 4.78 is 6.08. The van der Waals surface area contributed by atoms with E-state index in [4.69, 9.17) is 10.5 Å². The van der Waals surface area contributed by atoms with Crippen LogP contribution in [0.4, 0.5) is 5.69 Å². The third kappa shape index (κ3) is 1.53. The van der Waals surface area contributed by atoms with Crippen molar-refractivity contribution in [1.29, 1.82) is 0 Å². The maximum Gasteiger partial charge on any atom is 0.0888 e. The van der Waals surface area contributed by atoms with E-state index in [-0.39, 0.29) is 11.7 Å². The van der Waals surface area contributed by atoms with Crippen molar-refractivity contribution in [3.8, 4) is 0 Å². The van der Waals surface area contributed by atoms with Crippen LogP contribution in [0.1, 0.15) is 44.9 Å². The van der Waals surface area contributed by atoms with Crippen molar-refractivity contribution in [2.24, 2.45) is 5.92 Å². The van der Waals surface area contributed by atoms with Crippen molar-refractivity contribution in [2.45, 2.75) is 39.4 Å². The van der Waals surface area contributed by atoms with Crippen molar-refractivity contribution in [1.82, 2.24) is 0 Å². The minimum atomic E-state index is -0.209. The molecule has 0 radical (unpaired) electrons. The van der Waals surface area contributed by atoms with E-state index in [1.54, 1.807) is 0 Å². The van der Waals surface area contributed by atoms with Crippen LogP contribution in [0.2, 0.25) is 0 Å². The van der Waals surface area contributed by atoms with Gasteiger partial charge in [-0.25, -0.2) is 0 Å². The molecule has 0 aliphatic carbocycles. The molecule has 1 aromatic rings. The molecule has 1 aromatic carbocycles. The Morgan fingerprint density at radius 2 is 2.00 bits per heavy atom. The molecule has 0 aromatic heterocycles. The number of nitrogens with two attached hydrogens (primary N) is 1. The summed E-state index contributed by atoms with van der Waals surface area (Å²) in [6.45, 7) is 8.55. The number of nitrogen functional groups attached to an aromatic ring is 1. The summed E-state index contributed by atoms with van der Waals surface area (Å²) >= 11 is 0. The average molecular weight is 205 g/mol. The van der Waals surface area contributed by atoms with Gasteiger partial charge in [-0.3, -0.25) is 0 Å². The summed E-state index contributed by atoms with van der Waals surface area (Å²) in [4.78, 5) is 0. The first-order valence-corrected chi connectivity index (χ1v) is 5.50. The lowest BCUT2D eigenvalue weighted by Gasteiger charge is -2.22. The molecular formula is C13H19NO. The molecule has 0 bridgehead atoms. The number of hydrogen-bond acceptors (Lipinski definition) is 2. The van der Waals surface area contributed by atoms with Gasteiger partial charge >= 0.3 is 0 Å². The van der Waals surface area contributed by atoms with Crippen LogP contribution in [0.3, 0.4) is 0 Å². The van der Waals surface area contributed by atoms with Crippen LogP contribution in [0.15, 0.2) is 18.2 Å². The lowest BCUT2D eigenvalue weighted by molar-refractivity contribution is -0.0709. The number of rotatable bonds is 1. The van der Waals surface area contributed by atoms with Gasteiger partial charge in [0.1, 0.15) is 0 Å². The topological polar surface area (TPSA) is 35.2 Å². The molecule has 0 amide bonds. The molecule has 1 atom stereocenters. The zero-order chi connectivity index (χ0) is 11.2. The van der Waals surface area contributed by atoms with E-state index in [2.05, 4.69) is 33.8 Å². The second-order valence-electron chi connectivity index (χ2n) is 5.10. The molecule has 1 aliphatic rings. The number of fused-ring (bicyclic) bond motifs is 1. The van der Waals surface area contributed by atoms with Gasteiger partial charge in [-0.15, -0.1) is 0 Å². The van der Waals surface area contributed by atoms with Gasteiger partial charge in [-0.2, -0.15) is 0 Å². The van der Waals surface area contributed by atoms with Gasteiger partial charge in [0, 0.05) is 11.3 Å². The van der Waals surface area contributed by atoms with Crippen molar-refractivity contribution in [2.75, 3.05) is 5.73 Å². The highest BCUT2D eigenvalue weighted by Crippen LogP contribution is 2.48. The van der Waals surface area contributed by atoms with Gasteiger partial charge in [-0.05, 0) is 31.4 Å². The van der Waals surface area contributed by atoms with Crippen LogP contribution in [0.25, 0.3) is 0 Å². The Balaban J connectivity index is 2.58. The average Bonchev–Trinajstić information content (AvgIpc) is 2.40. The van der Waals surface area contributed by atoms with Crippen molar-refractivity contribution >= 4 is 5.69 Å². The maximum absolute atomic E-state index is 6.08. The molecule has 15 heavy (non-hydrogen) atoms. The van der Waals surface area contributed by atoms with Crippen LogP contribution in [-0.4, -0.2) is 0 Å². The van der Waals surface area contributed by atoms with E-state index in [0.29, 0.717) is 5.92 Å². The SMILES string of the molecule is CC(C)[C@H]1OC(C)(C)c2cccc(N)c21. The highest BCUT2D eigenvalue weighted by atomic mass is 16.5. The fourth-order valence-electron chi connectivity index (χ4n) is 2.33. The molecule has 1 aliphatic heterocycles. The maximum atomic E-state index is 6.08. The van der Waals surface area contributed by atoms with Gasteiger partial charge in [0.25, 0.3) is 0 Å². The number of anilines is 1. The molecule has 2 heteroatoms. The Morgan fingerprint density at radius 3 is 2.60 bits per heavy atom. The van der Waals surface area contributed by atoms with E-state index in [1.807, 2.05) is 12.1 Å². The minimum Gasteiger partial charge on any atom is -0.398 e. The van der Waals surface area contributed by atoms with Crippen LogP contribution in [-0.2, 0) is 10.3 Å². The summed E-state index contributed by atoms with van der Waals surface area (Å²) in [7, 11) is 0. The van der Waals surface area contributed by atoms with Gasteiger partial charge in [-0.1, -0.05) is 26.0 Å². The van der Waals surface area contributed by atoms with Crippen LogP contribution >= 0.6 is 0 Å². The van der Waals surface area contributed by atoms with Crippen LogP contribution < -0.4 is 5.73 Å². The Morgan fingerprint density at radius 1 is 1.33 bits per heavy atom. The predicted octanol–water partition coefficient (Wildman–Crippen LogP) is 3.23. The van der Waals surface area contributed by atoms with Gasteiger partial charge in [0.2, 0.25) is 0 Å². The smallest absolute Gasteiger partial charge is 0.0888 e. The molecule has 2 N–H and O–H groups in total. The predicted molar refractivity (Wildman–Crippen MR) is 62.5 cm³/mol. The number of benzene rings is 1. The second kappa shape index (κ2) is 3.24. The number of ether oxygens (including phenoxy) is 1. The van der Waals surface area contributed by atoms with Gasteiger partial charge in [0.15, 0.2) is 0 Å². The standard InChI is InChI=1S/C13H19NO/c1-8(2)12-11-9(13(3,4)15-12)6-5-7-10(11)14/h5-8,12H,14H2,1-4H3/t12-/m1/s1. The molecule has 0 fully saturated rings. The summed E-state index contributed by atoms with van der Waals surface area (Å²) in [6.07, 6.45) is 0.135. The van der Waals surface area contributed by atoms with Crippen molar-refractivity contribution < 1.29 is 4.74 Å². The highest BCUT2D eigenvalue weighted by molar-refractivity contribution is 5.55. The first-order valence-electron chi connectivity index (χ1n) is 5.50. The Kier molecular flexibility index (Phi) is 2.27. The monoisotopic (exact) mass is 205 g/mol. The fraction of sp³-hybridized carbons (Fsp3) is 0.538. The molecule has 1 heterocycles. The molecule has 0 saturated heterocycles. The lowest BCUT2D eigenvalue weighted by atomic mass is 9.91. The molecule has 0 unspecified atom stereocenters. The van der Waals surface area contributed by atoms with Gasteiger partial charge in [0.05, 0.1) is 11.7 Å². The van der Waals surface area contributed by atoms with Crippen LogP contribution in [0.5, 0.6) is 0 Å². The third-order valence-electron chi connectivity index (χ3n) is 3.10. The Labute approximate surface area is 91.4 Å². The summed E-state index contributed by atoms with van der Waals surface area (Å²) in [5, 5.41) is 0. The highest BCUT2D eigenvalue weighted by Gasteiger charge is 2.40. The van der Waals surface area contributed by atoms with E-state index in [9.17, 15) is 0 Å². The Bertz CT molecular complexity index is 382. The van der Waals surface area contributed by atoms with Gasteiger partial charge < -0.3 is 10.5 Å². The lowest BCUT2D eigenvalue weighted by Crippen LogP contribution is -2.17. The normalized spacial score (nSPS) is 23.1. The number of hydrogen-bond donors (Lipinski definition) is 1. The van der Waals surface area contributed by atoms with Crippen LogP contribution in [0, 0.1) is 5.92 Å². The summed E-state index contributed by atoms with van der Waals surface area (Å²) in [5.41, 5.74) is 9.12. The molecule has 82 valence electrons.